The highest BCUT2D eigenvalue weighted by atomic mass is 32.2. The lowest BCUT2D eigenvalue weighted by atomic mass is 9.76. The van der Waals surface area contributed by atoms with Gasteiger partial charge in [-0.3, -0.25) is 0 Å². The molecule has 0 spiro atoms. The van der Waals surface area contributed by atoms with Gasteiger partial charge in [0, 0.05) is 25.7 Å². The Morgan fingerprint density at radius 2 is 1.79 bits per heavy atom. The smallest absolute Gasteiger partial charge is 0.317 e. The van der Waals surface area contributed by atoms with Crippen LogP contribution in [0.3, 0.4) is 0 Å². The summed E-state index contributed by atoms with van der Waals surface area (Å²) in [6.45, 7) is 3.87. The van der Waals surface area contributed by atoms with E-state index in [1.807, 2.05) is 11.8 Å². The van der Waals surface area contributed by atoms with Crippen molar-refractivity contribution >= 4 is 16.1 Å². The Labute approximate surface area is 146 Å². The number of nitrogens with one attached hydrogen (secondary N) is 2. The SMILES string of the molecule is CCC(CNS(C)(=O)=O)NC(=O)N1CCCC(C2CCCCC2)C1. The summed E-state index contributed by atoms with van der Waals surface area (Å²) in [6, 6.07) is -0.208. The summed E-state index contributed by atoms with van der Waals surface area (Å²) in [5.41, 5.74) is 0. The van der Waals surface area contributed by atoms with E-state index in [4.69, 9.17) is 0 Å². The van der Waals surface area contributed by atoms with Crippen molar-refractivity contribution in [3.05, 3.63) is 0 Å². The van der Waals surface area contributed by atoms with E-state index in [0.29, 0.717) is 12.3 Å². The van der Waals surface area contributed by atoms with Gasteiger partial charge >= 0.3 is 6.03 Å². The lowest BCUT2D eigenvalue weighted by Crippen LogP contribution is -2.52. The van der Waals surface area contributed by atoms with Crippen molar-refractivity contribution in [2.45, 2.75) is 64.3 Å². The second kappa shape index (κ2) is 9.04. The standard InChI is InChI=1S/C17H33N3O3S/c1-3-16(12-18-24(2,22)23)19-17(21)20-11-7-10-15(13-20)14-8-5-4-6-9-14/h14-16,18H,3-13H2,1-2H3,(H,19,21). The molecular weight excluding hydrogens is 326 g/mol. The molecule has 2 N–H and O–H groups in total. The number of piperidine rings is 1. The van der Waals surface area contributed by atoms with Crippen molar-refractivity contribution in [2.24, 2.45) is 11.8 Å². The molecule has 1 saturated heterocycles. The third-order valence-electron chi connectivity index (χ3n) is 5.47. The lowest BCUT2D eigenvalue weighted by Gasteiger charge is -2.39. The zero-order valence-electron chi connectivity index (χ0n) is 15.1. The largest absolute Gasteiger partial charge is 0.334 e. The number of hydrogen-bond acceptors (Lipinski definition) is 3. The number of rotatable bonds is 6. The van der Waals surface area contributed by atoms with Crippen LogP contribution < -0.4 is 10.0 Å². The minimum atomic E-state index is -3.23. The van der Waals surface area contributed by atoms with Crippen LogP contribution in [0.5, 0.6) is 0 Å². The topological polar surface area (TPSA) is 78.5 Å². The summed E-state index contributed by atoms with van der Waals surface area (Å²) < 4.78 is 24.9. The zero-order valence-corrected chi connectivity index (χ0v) is 15.9. The molecule has 2 atom stereocenters. The number of amides is 2. The quantitative estimate of drug-likeness (QED) is 0.764. The van der Waals surface area contributed by atoms with Crippen molar-refractivity contribution in [3.63, 3.8) is 0 Å². The third kappa shape index (κ3) is 6.24. The van der Waals surface area contributed by atoms with Gasteiger partial charge in [-0.05, 0) is 31.1 Å². The summed E-state index contributed by atoms with van der Waals surface area (Å²) in [5, 5.41) is 2.99. The molecule has 7 heteroatoms. The first-order valence-electron chi connectivity index (χ1n) is 9.39. The average Bonchev–Trinajstić information content (AvgIpc) is 2.58. The summed E-state index contributed by atoms with van der Waals surface area (Å²) in [6.07, 6.45) is 10.8. The molecular formula is C17H33N3O3S. The molecule has 0 bridgehead atoms. The van der Waals surface area contributed by atoms with Gasteiger partial charge in [-0.1, -0.05) is 39.0 Å². The molecule has 0 aromatic rings. The van der Waals surface area contributed by atoms with E-state index in [0.717, 1.165) is 31.7 Å². The fourth-order valence-electron chi connectivity index (χ4n) is 4.00. The molecule has 0 aromatic heterocycles. The van der Waals surface area contributed by atoms with E-state index in [9.17, 15) is 13.2 Å². The Hall–Kier alpha value is -0.820. The maximum absolute atomic E-state index is 12.6. The van der Waals surface area contributed by atoms with Crippen LogP contribution in [0.1, 0.15) is 58.3 Å². The molecule has 6 nitrogen and oxygen atoms in total. The Kier molecular flexibility index (Phi) is 7.34. The molecule has 0 radical (unpaired) electrons. The summed E-state index contributed by atoms with van der Waals surface area (Å²) in [5.74, 6) is 1.42. The number of hydrogen-bond donors (Lipinski definition) is 2. The van der Waals surface area contributed by atoms with Gasteiger partial charge in [0.05, 0.1) is 6.26 Å². The second-order valence-electron chi connectivity index (χ2n) is 7.42. The van der Waals surface area contributed by atoms with Gasteiger partial charge in [-0.15, -0.1) is 0 Å². The molecule has 1 saturated carbocycles. The van der Waals surface area contributed by atoms with Crippen molar-refractivity contribution in [2.75, 3.05) is 25.9 Å². The number of carbonyl (C=O) groups is 1. The third-order valence-corrected chi connectivity index (χ3v) is 6.16. The van der Waals surface area contributed by atoms with Crippen molar-refractivity contribution in [1.29, 1.82) is 0 Å². The second-order valence-corrected chi connectivity index (χ2v) is 9.25. The Bertz CT molecular complexity index is 503. The monoisotopic (exact) mass is 359 g/mol. The molecule has 2 unspecified atom stereocenters. The molecule has 2 rings (SSSR count). The van der Waals surface area contributed by atoms with E-state index in [2.05, 4.69) is 10.0 Å². The van der Waals surface area contributed by atoms with Gasteiger partial charge in [0.1, 0.15) is 0 Å². The van der Waals surface area contributed by atoms with Crippen LogP contribution in [0, 0.1) is 11.8 Å². The summed E-state index contributed by atoms with van der Waals surface area (Å²) in [7, 11) is -3.23. The van der Waals surface area contributed by atoms with E-state index in [-0.39, 0.29) is 18.6 Å². The molecule has 1 aliphatic heterocycles. The predicted octanol–water partition coefficient (Wildman–Crippen LogP) is 2.32. The van der Waals surface area contributed by atoms with Gasteiger partial charge in [-0.25, -0.2) is 17.9 Å². The van der Waals surface area contributed by atoms with Crippen LogP contribution in [-0.2, 0) is 10.0 Å². The van der Waals surface area contributed by atoms with Crippen molar-refractivity contribution in [1.82, 2.24) is 14.9 Å². The van der Waals surface area contributed by atoms with E-state index in [1.54, 1.807) is 0 Å². The molecule has 140 valence electrons. The lowest BCUT2D eigenvalue weighted by molar-refractivity contribution is 0.123. The van der Waals surface area contributed by atoms with Crippen molar-refractivity contribution < 1.29 is 13.2 Å². The Morgan fingerprint density at radius 3 is 2.42 bits per heavy atom. The van der Waals surface area contributed by atoms with Gasteiger partial charge in [0.2, 0.25) is 10.0 Å². The first-order chi connectivity index (χ1) is 11.4. The maximum Gasteiger partial charge on any atom is 0.317 e. The van der Waals surface area contributed by atoms with Crippen LogP contribution >= 0.6 is 0 Å². The zero-order chi connectivity index (χ0) is 17.6. The molecule has 2 aliphatic rings. The minimum absolute atomic E-state index is 0.0438. The van der Waals surface area contributed by atoms with E-state index < -0.39 is 10.0 Å². The number of carbonyl (C=O) groups excluding carboxylic acids is 1. The molecule has 24 heavy (non-hydrogen) atoms. The summed E-state index contributed by atoms with van der Waals surface area (Å²) >= 11 is 0. The molecule has 0 aromatic carbocycles. The summed E-state index contributed by atoms with van der Waals surface area (Å²) in [4.78, 5) is 14.5. The highest BCUT2D eigenvalue weighted by Crippen LogP contribution is 2.34. The minimum Gasteiger partial charge on any atom is -0.334 e. The maximum atomic E-state index is 12.6. The van der Waals surface area contributed by atoms with Gasteiger partial charge in [0.25, 0.3) is 0 Å². The number of sulfonamides is 1. The Morgan fingerprint density at radius 1 is 1.12 bits per heavy atom. The van der Waals surface area contributed by atoms with E-state index in [1.165, 1.54) is 38.5 Å². The van der Waals surface area contributed by atoms with Crippen LogP contribution in [-0.4, -0.2) is 51.3 Å². The Balaban J connectivity index is 1.83. The molecule has 1 heterocycles. The fourth-order valence-corrected chi connectivity index (χ4v) is 4.50. The average molecular weight is 360 g/mol. The normalized spacial score (nSPS) is 24.6. The van der Waals surface area contributed by atoms with Crippen LogP contribution in [0.2, 0.25) is 0 Å². The van der Waals surface area contributed by atoms with Crippen LogP contribution in [0.4, 0.5) is 4.79 Å². The number of likely N-dealkylation sites (tertiary alicyclic amines) is 1. The first-order valence-corrected chi connectivity index (χ1v) is 11.3. The predicted molar refractivity (Wildman–Crippen MR) is 96.3 cm³/mol. The first kappa shape index (κ1) is 19.5. The van der Waals surface area contributed by atoms with Crippen LogP contribution in [0.25, 0.3) is 0 Å². The van der Waals surface area contributed by atoms with Gasteiger partial charge < -0.3 is 10.2 Å². The van der Waals surface area contributed by atoms with Gasteiger partial charge in [-0.2, -0.15) is 0 Å². The number of nitrogens with zero attached hydrogens (tertiary/aromatic N) is 1. The number of urea groups is 1. The molecule has 1 aliphatic carbocycles. The highest BCUT2D eigenvalue weighted by Gasteiger charge is 2.30. The van der Waals surface area contributed by atoms with Crippen molar-refractivity contribution in [3.8, 4) is 0 Å². The van der Waals surface area contributed by atoms with E-state index >= 15 is 0 Å². The highest BCUT2D eigenvalue weighted by molar-refractivity contribution is 7.88. The fraction of sp³-hybridized carbons (Fsp3) is 0.941. The molecule has 2 amide bonds. The van der Waals surface area contributed by atoms with Crippen LogP contribution in [0.15, 0.2) is 0 Å². The molecule has 2 fully saturated rings. The van der Waals surface area contributed by atoms with Gasteiger partial charge in [0.15, 0.2) is 0 Å².